The third-order valence-corrected chi connectivity index (χ3v) is 3.51. The highest BCUT2D eigenvalue weighted by Gasteiger charge is 2.05. The third kappa shape index (κ3) is 3.55. The average Bonchev–Trinajstić information content (AvgIpc) is 2.40. The van der Waals surface area contributed by atoms with Gasteiger partial charge in [-0.25, -0.2) is 0 Å². The van der Waals surface area contributed by atoms with Crippen LogP contribution < -0.4 is 10.1 Å². The van der Waals surface area contributed by atoms with E-state index in [1.54, 1.807) is 19.2 Å². The van der Waals surface area contributed by atoms with Crippen molar-refractivity contribution in [1.82, 2.24) is 0 Å². The van der Waals surface area contributed by atoms with Crippen molar-refractivity contribution < 1.29 is 9.84 Å². The summed E-state index contributed by atoms with van der Waals surface area (Å²) >= 11 is 9.48. The summed E-state index contributed by atoms with van der Waals surface area (Å²) in [4.78, 5) is 0. The molecule has 0 unspecified atom stereocenters. The van der Waals surface area contributed by atoms with Gasteiger partial charge in [0.15, 0.2) is 0 Å². The monoisotopic (exact) mass is 341 g/mol. The van der Waals surface area contributed by atoms with Gasteiger partial charge in [0.2, 0.25) is 0 Å². The van der Waals surface area contributed by atoms with Crippen LogP contribution in [0.3, 0.4) is 0 Å². The van der Waals surface area contributed by atoms with E-state index in [1.807, 2.05) is 24.3 Å². The Morgan fingerprint density at radius 3 is 2.74 bits per heavy atom. The van der Waals surface area contributed by atoms with E-state index in [0.29, 0.717) is 17.3 Å². The second-order valence-electron chi connectivity index (χ2n) is 3.97. The van der Waals surface area contributed by atoms with Crippen LogP contribution in [0.5, 0.6) is 11.5 Å². The van der Waals surface area contributed by atoms with Crippen LogP contribution in [-0.4, -0.2) is 12.2 Å². The first-order chi connectivity index (χ1) is 9.10. The Bertz CT molecular complexity index is 590. The molecule has 0 aliphatic heterocycles. The lowest BCUT2D eigenvalue weighted by Gasteiger charge is -2.11. The van der Waals surface area contributed by atoms with Crippen LogP contribution in [0.25, 0.3) is 0 Å². The van der Waals surface area contributed by atoms with Crippen LogP contribution in [0.2, 0.25) is 5.02 Å². The number of methoxy groups -OCH3 is 1. The first-order valence-electron chi connectivity index (χ1n) is 5.65. The molecule has 2 N–H and O–H groups in total. The number of nitrogens with one attached hydrogen (secondary N) is 1. The predicted octanol–water partition coefficient (Wildman–Crippen LogP) is 4.43. The molecule has 0 aromatic heterocycles. The van der Waals surface area contributed by atoms with E-state index < -0.39 is 0 Å². The van der Waals surface area contributed by atoms with Gasteiger partial charge >= 0.3 is 0 Å². The van der Waals surface area contributed by atoms with Gasteiger partial charge in [0, 0.05) is 22.6 Å². The first-order valence-corrected chi connectivity index (χ1v) is 6.82. The summed E-state index contributed by atoms with van der Waals surface area (Å²) < 4.78 is 5.98. The van der Waals surface area contributed by atoms with Gasteiger partial charge in [0.1, 0.15) is 11.5 Å². The minimum absolute atomic E-state index is 0.193. The van der Waals surface area contributed by atoms with Crippen LogP contribution in [0, 0.1) is 0 Å². The minimum atomic E-state index is 0.193. The molecule has 3 nitrogen and oxygen atoms in total. The van der Waals surface area contributed by atoms with E-state index in [0.717, 1.165) is 15.7 Å². The standard InChI is InChI=1S/C14H13BrClNO2/c1-19-11-4-2-9(14(18)7-11)8-17-13-6-10(15)3-5-12(13)16/h2-7,17-18H,8H2,1H3. The van der Waals surface area contributed by atoms with Gasteiger partial charge < -0.3 is 15.2 Å². The number of halogens is 2. The number of benzene rings is 2. The van der Waals surface area contributed by atoms with E-state index in [-0.39, 0.29) is 5.75 Å². The summed E-state index contributed by atoms with van der Waals surface area (Å²) in [5.41, 5.74) is 1.59. The fourth-order valence-corrected chi connectivity index (χ4v) is 2.19. The number of anilines is 1. The lowest BCUT2D eigenvalue weighted by atomic mass is 10.2. The Morgan fingerprint density at radius 2 is 2.05 bits per heavy atom. The second kappa shape index (κ2) is 6.17. The molecule has 0 fully saturated rings. The number of hydrogen-bond donors (Lipinski definition) is 2. The maximum atomic E-state index is 9.86. The number of ether oxygens (including phenoxy) is 1. The summed E-state index contributed by atoms with van der Waals surface area (Å²) in [6.07, 6.45) is 0. The van der Waals surface area contributed by atoms with E-state index in [4.69, 9.17) is 16.3 Å². The molecule has 2 rings (SSSR count). The van der Waals surface area contributed by atoms with Gasteiger partial charge in [-0.3, -0.25) is 0 Å². The van der Waals surface area contributed by atoms with E-state index in [9.17, 15) is 5.11 Å². The van der Waals surface area contributed by atoms with Gasteiger partial charge in [-0.2, -0.15) is 0 Å². The molecule has 5 heteroatoms. The van der Waals surface area contributed by atoms with Crippen molar-refractivity contribution in [1.29, 1.82) is 0 Å². The average molecular weight is 343 g/mol. The molecule has 0 spiro atoms. The Kier molecular flexibility index (Phi) is 4.56. The van der Waals surface area contributed by atoms with Crippen molar-refractivity contribution in [2.45, 2.75) is 6.54 Å². The molecule has 0 saturated carbocycles. The molecule has 0 aliphatic carbocycles. The van der Waals surface area contributed by atoms with Crippen LogP contribution in [0.1, 0.15) is 5.56 Å². The smallest absolute Gasteiger partial charge is 0.124 e. The van der Waals surface area contributed by atoms with Gasteiger partial charge in [-0.1, -0.05) is 27.5 Å². The second-order valence-corrected chi connectivity index (χ2v) is 5.30. The lowest BCUT2D eigenvalue weighted by Crippen LogP contribution is -2.00. The number of rotatable bonds is 4. The van der Waals surface area contributed by atoms with Crippen LogP contribution in [0.15, 0.2) is 40.9 Å². The van der Waals surface area contributed by atoms with E-state index in [2.05, 4.69) is 21.2 Å². The van der Waals surface area contributed by atoms with Crippen molar-refractivity contribution in [2.75, 3.05) is 12.4 Å². The van der Waals surface area contributed by atoms with Crippen molar-refractivity contribution in [3.63, 3.8) is 0 Å². The summed E-state index contributed by atoms with van der Waals surface area (Å²) in [5, 5.41) is 13.7. The molecule has 0 bridgehead atoms. The molecule has 0 saturated heterocycles. The first kappa shape index (κ1) is 14.0. The molecule has 0 radical (unpaired) electrons. The molecule has 2 aromatic rings. The zero-order valence-corrected chi connectivity index (χ0v) is 12.6. The Balaban J connectivity index is 2.12. The van der Waals surface area contributed by atoms with Crippen LogP contribution in [0.4, 0.5) is 5.69 Å². The maximum absolute atomic E-state index is 9.86. The maximum Gasteiger partial charge on any atom is 0.124 e. The molecule has 0 amide bonds. The predicted molar refractivity (Wildman–Crippen MR) is 81.1 cm³/mol. The Labute approximate surface area is 125 Å². The zero-order valence-electron chi connectivity index (χ0n) is 10.3. The molecule has 0 heterocycles. The number of hydrogen-bond acceptors (Lipinski definition) is 3. The zero-order chi connectivity index (χ0) is 13.8. The normalized spacial score (nSPS) is 10.3. The quantitative estimate of drug-likeness (QED) is 0.863. The Morgan fingerprint density at radius 1 is 1.26 bits per heavy atom. The fraction of sp³-hybridized carbons (Fsp3) is 0.143. The van der Waals surface area contributed by atoms with E-state index in [1.165, 1.54) is 0 Å². The molecule has 0 aliphatic rings. The minimum Gasteiger partial charge on any atom is -0.507 e. The van der Waals surface area contributed by atoms with Gasteiger partial charge in [0.25, 0.3) is 0 Å². The van der Waals surface area contributed by atoms with Crippen molar-refractivity contribution in [3.8, 4) is 11.5 Å². The third-order valence-electron chi connectivity index (χ3n) is 2.69. The van der Waals surface area contributed by atoms with Gasteiger partial charge in [0.05, 0.1) is 17.8 Å². The van der Waals surface area contributed by atoms with Gasteiger partial charge in [-0.05, 0) is 30.3 Å². The molecule has 100 valence electrons. The lowest BCUT2D eigenvalue weighted by molar-refractivity contribution is 0.406. The summed E-state index contributed by atoms with van der Waals surface area (Å²) in [6, 6.07) is 10.8. The largest absolute Gasteiger partial charge is 0.507 e. The highest BCUT2D eigenvalue weighted by Crippen LogP contribution is 2.28. The van der Waals surface area contributed by atoms with Crippen molar-refractivity contribution in [3.05, 3.63) is 51.5 Å². The molecule has 2 aromatic carbocycles. The molecular formula is C14H13BrClNO2. The van der Waals surface area contributed by atoms with Crippen molar-refractivity contribution >= 4 is 33.2 Å². The SMILES string of the molecule is COc1ccc(CNc2cc(Br)ccc2Cl)c(O)c1. The van der Waals surface area contributed by atoms with Crippen LogP contribution >= 0.6 is 27.5 Å². The number of phenols is 1. The summed E-state index contributed by atoms with van der Waals surface area (Å²) in [7, 11) is 1.56. The topological polar surface area (TPSA) is 41.5 Å². The number of phenolic OH excluding ortho intramolecular Hbond substituents is 1. The summed E-state index contributed by atoms with van der Waals surface area (Å²) in [6.45, 7) is 0.478. The van der Waals surface area contributed by atoms with Crippen LogP contribution in [-0.2, 0) is 6.54 Å². The Hall–Kier alpha value is -1.39. The van der Waals surface area contributed by atoms with Crippen molar-refractivity contribution in [2.24, 2.45) is 0 Å². The van der Waals surface area contributed by atoms with Gasteiger partial charge in [-0.15, -0.1) is 0 Å². The fourth-order valence-electron chi connectivity index (χ4n) is 1.64. The highest BCUT2D eigenvalue weighted by atomic mass is 79.9. The highest BCUT2D eigenvalue weighted by molar-refractivity contribution is 9.10. The molecule has 19 heavy (non-hydrogen) atoms. The molecular weight excluding hydrogens is 330 g/mol. The summed E-state index contributed by atoms with van der Waals surface area (Å²) in [5.74, 6) is 0.819. The van der Waals surface area contributed by atoms with E-state index >= 15 is 0 Å². The number of aromatic hydroxyl groups is 1. The molecule has 0 atom stereocenters.